The molecule has 1 aliphatic rings. The maximum Gasteiger partial charge on any atom is 0.251 e. The largest absolute Gasteiger partial charge is 0.302 e. The zero-order chi connectivity index (χ0) is 22.9. The number of piperidine rings is 1. The quantitative estimate of drug-likeness (QED) is 0.523. The minimum Gasteiger partial charge on any atom is -0.302 e. The minimum absolute atomic E-state index is 0.0881. The van der Waals surface area contributed by atoms with E-state index in [1.165, 1.54) is 50.5 Å². The van der Waals surface area contributed by atoms with Gasteiger partial charge >= 0.3 is 0 Å². The molecule has 1 aromatic heterocycles. The zero-order valence-corrected chi connectivity index (χ0v) is 19.3. The van der Waals surface area contributed by atoms with E-state index in [2.05, 4.69) is 10.9 Å². The predicted molar refractivity (Wildman–Crippen MR) is 122 cm³/mol. The smallest absolute Gasteiger partial charge is 0.251 e. The van der Waals surface area contributed by atoms with E-state index in [1.54, 1.807) is 12.1 Å². The Labute approximate surface area is 194 Å². The first-order chi connectivity index (χ1) is 15.3. The van der Waals surface area contributed by atoms with Crippen molar-refractivity contribution in [1.29, 1.82) is 0 Å². The van der Waals surface area contributed by atoms with Gasteiger partial charge in [0, 0.05) is 24.0 Å². The molecule has 166 valence electrons. The molecule has 0 bridgehead atoms. The van der Waals surface area contributed by atoms with Gasteiger partial charge < -0.3 is 4.57 Å². The van der Waals surface area contributed by atoms with Gasteiger partial charge in [-0.1, -0.05) is 34.9 Å². The van der Waals surface area contributed by atoms with Gasteiger partial charge in [0.05, 0.1) is 21.7 Å². The van der Waals surface area contributed by atoms with Crippen molar-refractivity contribution in [2.75, 3.05) is 13.1 Å². The second-order valence-electron chi connectivity index (χ2n) is 7.34. The van der Waals surface area contributed by atoms with E-state index in [4.69, 9.17) is 18.0 Å². The molecular weight excluding hydrogens is 473 g/mol. The average Bonchev–Trinajstić information content (AvgIpc) is 3.12. The topological polar surface area (TPSA) is 71.7 Å². The number of rotatable bonds is 4. The molecule has 0 radical (unpaired) electrons. The molecule has 0 spiro atoms. The van der Waals surface area contributed by atoms with Gasteiger partial charge in [-0.15, -0.1) is 6.42 Å². The van der Waals surface area contributed by atoms with Gasteiger partial charge in [-0.25, -0.2) is 12.8 Å². The summed E-state index contributed by atoms with van der Waals surface area (Å²) in [5.74, 6) is 1.28. The summed E-state index contributed by atoms with van der Waals surface area (Å²) in [4.78, 5) is 17.6. The second kappa shape index (κ2) is 9.16. The Bertz CT molecular complexity index is 1380. The van der Waals surface area contributed by atoms with E-state index in [0.717, 1.165) is 0 Å². The molecular formula is C22H19ClFN3O3S2. The summed E-state index contributed by atoms with van der Waals surface area (Å²) in [7, 11) is -3.66. The lowest BCUT2D eigenvalue weighted by Gasteiger charge is -2.29. The predicted octanol–water partition coefficient (Wildman–Crippen LogP) is 3.66. The second-order valence-corrected chi connectivity index (χ2v) is 10.7. The SMILES string of the molecule is C#CCn1c(=NC(=O)C2CCN(S(=O)(=O)c3ccc(Cl)cc3)CC2)sc2cccc(F)c21. The molecule has 6 nitrogen and oxygen atoms in total. The van der Waals surface area contributed by atoms with Crippen molar-refractivity contribution in [3.05, 3.63) is 58.1 Å². The van der Waals surface area contributed by atoms with Crippen LogP contribution in [0.2, 0.25) is 5.02 Å². The number of halogens is 2. The molecule has 1 fully saturated rings. The Balaban J connectivity index is 1.54. The van der Waals surface area contributed by atoms with E-state index in [-0.39, 0.29) is 30.4 Å². The van der Waals surface area contributed by atoms with Crippen LogP contribution in [-0.2, 0) is 21.4 Å². The number of para-hydroxylation sites is 1. The Morgan fingerprint density at radius 1 is 1.22 bits per heavy atom. The first kappa shape index (κ1) is 22.7. The summed E-state index contributed by atoms with van der Waals surface area (Å²) in [5.41, 5.74) is 0.325. The Kier molecular flexibility index (Phi) is 6.49. The molecule has 10 heteroatoms. The van der Waals surface area contributed by atoms with Crippen LogP contribution in [0.5, 0.6) is 0 Å². The number of benzene rings is 2. The fraction of sp³-hybridized carbons (Fsp3) is 0.273. The van der Waals surface area contributed by atoms with Gasteiger partial charge in [-0.2, -0.15) is 9.30 Å². The maximum absolute atomic E-state index is 14.3. The van der Waals surface area contributed by atoms with Crippen LogP contribution < -0.4 is 4.80 Å². The van der Waals surface area contributed by atoms with Crippen molar-refractivity contribution in [2.24, 2.45) is 10.9 Å². The maximum atomic E-state index is 14.3. The van der Waals surface area contributed by atoms with Crippen LogP contribution in [0.1, 0.15) is 12.8 Å². The van der Waals surface area contributed by atoms with Crippen LogP contribution in [-0.4, -0.2) is 36.3 Å². The molecule has 1 aliphatic heterocycles. The fourth-order valence-electron chi connectivity index (χ4n) is 3.69. The van der Waals surface area contributed by atoms with Crippen molar-refractivity contribution in [3.8, 4) is 12.3 Å². The molecule has 2 aromatic carbocycles. The Hall–Kier alpha value is -2.51. The Morgan fingerprint density at radius 3 is 2.56 bits per heavy atom. The highest BCUT2D eigenvalue weighted by Gasteiger charge is 2.32. The van der Waals surface area contributed by atoms with Gasteiger partial charge in [0.25, 0.3) is 5.91 Å². The lowest BCUT2D eigenvalue weighted by atomic mass is 9.98. The number of hydrogen-bond acceptors (Lipinski definition) is 4. The number of carbonyl (C=O) groups is 1. The number of thiazole rings is 1. The summed E-state index contributed by atoms with van der Waals surface area (Å²) in [6, 6.07) is 10.7. The monoisotopic (exact) mass is 491 g/mol. The highest BCUT2D eigenvalue weighted by Crippen LogP contribution is 2.26. The minimum atomic E-state index is -3.66. The van der Waals surface area contributed by atoms with Crippen LogP contribution in [0.15, 0.2) is 52.4 Å². The molecule has 32 heavy (non-hydrogen) atoms. The number of aromatic nitrogens is 1. The molecule has 1 saturated heterocycles. The Morgan fingerprint density at radius 2 is 1.91 bits per heavy atom. The van der Waals surface area contributed by atoms with Crippen molar-refractivity contribution in [2.45, 2.75) is 24.3 Å². The van der Waals surface area contributed by atoms with Crippen LogP contribution >= 0.6 is 22.9 Å². The third-order valence-corrected chi connectivity index (χ3v) is 8.57. The van der Waals surface area contributed by atoms with E-state index in [1.807, 2.05) is 0 Å². The van der Waals surface area contributed by atoms with Gasteiger partial charge in [0.1, 0.15) is 5.82 Å². The van der Waals surface area contributed by atoms with Crippen molar-refractivity contribution >= 4 is 49.1 Å². The number of sulfonamides is 1. The van der Waals surface area contributed by atoms with E-state index in [0.29, 0.717) is 32.9 Å². The molecule has 3 aromatic rings. The number of hydrogen-bond donors (Lipinski definition) is 0. The van der Waals surface area contributed by atoms with E-state index >= 15 is 0 Å². The summed E-state index contributed by atoms with van der Waals surface area (Å²) in [5, 5.41) is 0.457. The standard InChI is InChI=1S/C22H19ClFN3O3S2/c1-2-12-27-20-18(24)4-3-5-19(20)31-22(27)25-21(28)15-10-13-26(14-11-15)32(29,30)17-8-6-16(23)7-9-17/h1,3-9,15H,10-14H2. The average molecular weight is 492 g/mol. The number of carbonyl (C=O) groups excluding carboxylic acids is 1. The van der Waals surface area contributed by atoms with Crippen LogP contribution in [0.25, 0.3) is 10.2 Å². The molecule has 0 aliphatic carbocycles. The highest BCUT2D eigenvalue weighted by molar-refractivity contribution is 7.89. The molecule has 0 saturated carbocycles. The van der Waals surface area contributed by atoms with Gasteiger partial charge in [0.2, 0.25) is 10.0 Å². The first-order valence-corrected chi connectivity index (χ1v) is 12.5. The number of fused-ring (bicyclic) bond motifs is 1. The molecule has 4 rings (SSSR count). The van der Waals surface area contributed by atoms with Crippen LogP contribution in [0, 0.1) is 24.1 Å². The zero-order valence-electron chi connectivity index (χ0n) is 16.9. The summed E-state index contributed by atoms with van der Waals surface area (Å²) >= 11 is 7.04. The fourth-order valence-corrected chi connectivity index (χ4v) is 6.34. The summed E-state index contributed by atoms with van der Waals surface area (Å²) in [6.07, 6.45) is 6.13. The van der Waals surface area contributed by atoms with Crippen LogP contribution in [0.3, 0.4) is 0 Å². The highest BCUT2D eigenvalue weighted by atomic mass is 35.5. The normalized spacial score (nSPS) is 16.3. The third-order valence-electron chi connectivity index (χ3n) is 5.36. The lowest BCUT2D eigenvalue weighted by molar-refractivity contribution is -0.122. The summed E-state index contributed by atoms with van der Waals surface area (Å²) < 4.78 is 43.5. The number of terminal acetylenes is 1. The van der Waals surface area contributed by atoms with Crippen molar-refractivity contribution < 1.29 is 17.6 Å². The molecule has 1 amide bonds. The van der Waals surface area contributed by atoms with Crippen molar-refractivity contribution in [3.63, 3.8) is 0 Å². The third kappa shape index (κ3) is 4.36. The number of nitrogens with zero attached hydrogens (tertiary/aromatic N) is 3. The first-order valence-electron chi connectivity index (χ1n) is 9.87. The molecule has 0 unspecified atom stereocenters. The molecule has 2 heterocycles. The van der Waals surface area contributed by atoms with Gasteiger partial charge in [-0.3, -0.25) is 4.79 Å². The van der Waals surface area contributed by atoms with Gasteiger partial charge in [-0.05, 0) is 49.2 Å². The van der Waals surface area contributed by atoms with E-state index < -0.39 is 21.8 Å². The van der Waals surface area contributed by atoms with Crippen molar-refractivity contribution in [1.82, 2.24) is 8.87 Å². The van der Waals surface area contributed by atoms with Crippen LogP contribution in [0.4, 0.5) is 4.39 Å². The van der Waals surface area contributed by atoms with Gasteiger partial charge in [0.15, 0.2) is 4.80 Å². The van der Waals surface area contributed by atoms with E-state index in [9.17, 15) is 17.6 Å². The molecule has 0 N–H and O–H groups in total. The lowest BCUT2D eigenvalue weighted by Crippen LogP contribution is -2.40. The number of amides is 1. The molecule has 0 atom stereocenters. The summed E-state index contributed by atoms with van der Waals surface area (Å²) in [6.45, 7) is 0.509.